The Kier molecular flexibility index (Phi) is 9.79. The van der Waals surface area contributed by atoms with E-state index in [0.29, 0.717) is 24.0 Å². The van der Waals surface area contributed by atoms with Crippen LogP contribution in [0.2, 0.25) is 0 Å². The predicted octanol–water partition coefficient (Wildman–Crippen LogP) is 6.69. The molecule has 0 N–H and O–H groups in total. The molecule has 0 aromatic heterocycles. The highest BCUT2D eigenvalue weighted by atomic mass is 32.2. The number of amides is 2. The van der Waals surface area contributed by atoms with Crippen LogP contribution in [0.5, 0.6) is 0 Å². The molecule has 1 unspecified atom stereocenters. The van der Waals surface area contributed by atoms with Crippen LogP contribution in [0.15, 0.2) is 113 Å². The number of carbonyl (C=O) groups excluding carboxylic acids is 2. The van der Waals surface area contributed by atoms with Crippen molar-refractivity contribution in [2.75, 3.05) is 6.54 Å². The average Bonchev–Trinajstić information content (AvgIpc) is 3.38. The molecule has 6 rings (SSSR count). The van der Waals surface area contributed by atoms with Crippen molar-refractivity contribution in [1.29, 1.82) is 0 Å². The van der Waals surface area contributed by atoms with Gasteiger partial charge in [0.15, 0.2) is 4.90 Å². The number of nitrogens with zero attached hydrogens (tertiary/aromatic N) is 6. The number of hydrogen-bond donors (Lipinski definition) is 0. The molecule has 1 saturated heterocycles. The Hall–Kier alpha value is -5.80. The normalized spacial score (nSPS) is 19.1. The lowest BCUT2D eigenvalue weighted by molar-refractivity contribution is -0.387. The number of carbonyl (C=O) groups is 2. The summed E-state index contributed by atoms with van der Waals surface area (Å²) in [6.45, 7) is 1.65. The summed E-state index contributed by atoms with van der Waals surface area (Å²) in [4.78, 5) is 42.6. The van der Waals surface area contributed by atoms with Gasteiger partial charge in [-0.3, -0.25) is 24.6 Å². The van der Waals surface area contributed by atoms with Crippen LogP contribution in [0.25, 0.3) is 10.4 Å². The first-order chi connectivity index (χ1) is 24.2. The highest BCUT2D eigenvalue weighted by Crippen LogP contribution is 2.49. The van der Waals surface area contributed by atoms with Crippen LogP contribution in [-0.2, 0) is 10.0 Å². The standard InChI is InChI=1S/C37H32N6O6S/c1-2-3-15-31(41-36(44)28-13-7-8-14-29(28)37(41)45)35-34(27-22-20-26(21-23-27)19-18-25-11-5-4-6-12-25)32(24-39-40-38)42(35)50(48,49)33-17-10-9-16-30(33)43(46)47/h4-14,16-17,20-23,31-32,34-35H,2-3,15,24H2,1H3/t31?,32-,34-,35+/m0/s1. The van der Waals surface area contributed by atoms with Gasteiger partial charge < -0.3 is 0 Å². The lowest BCUT2D eigenvalue weighted by atomic mass is 9.72. The van der Waals surface area contributed by atoms with E-state index in [-0.39, 0.29) is 24.1 Å². The quantitative estimate of drug-likeness (QED) is 0.0324. The van der Waals surface area contributed by atoms with Gasteiger partial charge in [-0.1, -0.05) is 91.3 Å². The largest absolute Gasteiger partial charge is 0.289 e. The van der Waals surface area contributed by atoms with Crippen molar-refractivity contribution in [2.45, 2.75) is 55.1 Å². The number of imide groups is 1. The number of rotatable bonds is 11. The molecule has 0 saturated carbocycles. The Bertz CT molecular complexity index is 2140. The maximum Gasteiger partial charge on any atom is 0.289 e. The van der Waals surface area contributed by atoms with E-state index in [9.17, 15) is 33.7 Å². The minimum absolute atomic E-state index is 0.218. The lowest BCUT2D eigenvalue weighted by Gasteiger charge is -2.57. The minimum Gasteiger partial charge on any atom is -0.270 e. The molecule has 2 aliphatic rings. The molecule has 12 nitrogen and oxygen atoms in total. The van der Waals surface area contributed by atoms with Crippen molar-refractivity contribution in [3.8, 4) is 11.8 Å². The van der Waals surface area contributed by atoms with E-state index in [0.717, 1.165) is 26.9 Å². The minimum atomic E-state index is -4.66. The van der Waals surface area contributed by atoms with Gasteiger partial charge in [0.05, 0.1) is 28.1 Å². The Morgan fingerprint density at radius 2 is 1.46 bits per heavy atom. The van der Waals surface area contributed by atoms with E-state index >= 15 is 0 Å². The summed E-state index contributed by atoms with van der Waals surface area (Å²) < 4.78 is 30.4. The fourth-order valence-electron chi connectivity index (χ4n) is 6.91. The molecule has 2 amide bonds. The van der Waals surface area contributed by atoms with Crippen molar-refractivity contribution in [1.82, 2.24) is 9.21 Å². The van der Waals surface area contributed by atoms with Crippen LogP contribution >= 0.6 is 0 Å². The van der Waals surface area contributed by atoms with Gasteiger partial charge in [-0.25, -0.2) is 8.42 Å². The van der Waals surface area contributed by atoms with Gasteiger partial charge >= 0.3 is 0 Å². The number of azide groups is 1. The Labute approximate surface area is 289 Å². The van der Waals surface area contributed by atoms with Crippen molar-refractivity contribution in [2.24, 2.45) is 5.11 Å². The van der Waals surface area contributed by atoms with Crippen LogP contribution in [0.1, 0.15) is 69.5 Å². The molecule has 4 aromatic rings. The number of benzene rings is 4. The number of nitro benzene ring substituents is 1. The molecule has 2 heterocycles. The molecule has 4 atom stereocenters. The molecule has 0 spiro atoms. The van der Waals surface area contributed by atoms with E-state index in [1.54, 1.807) is 36.4 Å². The van der Waals surface area contributed by atoms with E-state index in [1.807, 2.05) is 49.4 Å². The fourth-order valence-corrected chi connectivity index (χ4v) is 8.94. The molecule has 4 aromatic carbocycles. The van der Waals surface area contributed by atoms with Crippen molar-refractivity contribution in [3.05, 3.63) is 152 Å². The summed E-state index contributed by atoms with van der Waals surface area (Å²) >= 11 is 0. The Morgan fingerprint density at radius 3 is 2.06 bits per heavy atom. The highest BCUT2D eigenvalue weighted by Gasteiger charge is 2.60. The third-order valence-corrected chi connectivity index (χ3v) is 11.1. The zero-order valence-corrected chi connectivity index (χ0v) is 27.8. The van der Waals surface area contributed by atoms with E-state index < -0.39 is 61.4 Å². The Morgan fingerprint density at radius 1 is 0.880 bits per heavy atom. The first-order valence-electron chi connectivity index (χ1n) is 16.1. The molecule has 50 heavy (non-hydrogen) atoms. The van der Waals surface area contributed by atoms with Crippen molar-refractivity contribution < 1.29 is 22.9 Å². The third kappa shape index (κ3) is 6.23. The SMILES string of the molecule is CCCCC([C@@H]1[C@@H](c2ccc(C#Cc3ccccc3)cc2)[C@H](CN=[N+]=[N-])N1S(=O)(=O)c1ccccc1[N+](=O)[O-])N1C(=O)c2ccccc2C1=O. The van der Waals surface area contributed by atoms with Gasteiger partial charge in [0.1, 0.15) is 0 Å². The van der Waals surface area contributed by atoms with E-state index in [1.165, 1.54) is 12.1 Å². The highest BCUT2D eigenvalue weighted by molar-refractivity contribution is 7.89. The van der Waals surface area contributed by atoms with Crippen molar-refractivity contribution >= 4 is 27.5 Å². The van der Waals surface area contributed by atoms with Crippen LogP contribution in [0, 0.1) is 22.0 Å². The number of hydrogen-bond acceptors (Lipinski definition) is 7. The van der Waals surface area contributed by atoms with Gasteiger partial charge in [-0.2, -0.15) is 4.31 Å². The van der Waals surface area contributed by atoms with Crippen LogP contribution in [-0.4, -0.2) is 59.0 Å². The van der Waals surface area contributed by atoms with E-state index in [4.69, 9.17) is 0 Å². The maximum absolute atomic E-state index is 14.6. The molecular formula is C37H32N6O6S. The molecule has 0 bridgehead atoms. The molecule has 2 aliphatic heterocycles. The summed E-state index contributed by atoms with van der Waals surface area (Å²) in [6, 6.07) is 25.2. The number of nitro groups is 1. The summed E-state index contributed by atoms with van der Waals surface area (Å²) in [7, 11) is -4.66. The predicted molar refractivity (Wildman–Crippen MR) is 186 cm³/mol. The Balaban J connectivity index is 1.50. The van der Waals surface area contributed by atoms with Gasteiger partial charge in [0.25, 0.3) is 27.5 Å². The summed E-state index contributed by atoms with van der Waals surface area (Å²) in [5.74, 6) is 4.48. The first-order valence-corrected chi connectivity index (χ1v) is 17.5. The summed E-state index contributed by atoms with van der Waals surface area (Å²) in [5.41, 5.74) is 11.3. The average molecular weight is 689 g/mol. The van der Waals surface area contributed by atoms with Gasteiger partial charge in [-0.15, -0.1) is 0 Å². The number of para-hydroxylation sites is 1. The van der Waals surface area contributed by atoms with Crippen LogP contribution in [0.3, 0.4) is 0 Å². The first kappa shape index (κ1) is 34.1. The molecule has 252 valence electrons. The number of sulfonamides is 1. The second kappa shape index (κ2) is 14.4. The van der Waals surface area contributed by atoms with Crippen molar-refractivity contribution in [3.63, 3.8) is 0 Å². The topological polar surface area (TPSA) is 167 Å². The number of unbranched alkanes of at least 4 members (excludes halogenated alkanes) is 1. The van der Waals surface area contributed by atoms with Crippen LogP contribution < -0.4 is 0 Å². The second-order valence-electron chi connectivity index (χ2n) is 12.0. The summed E-state index contributed by atoms with van der Waals surface area (Å²) in [5, 5.41) is 15.8. The smallest absolute Gasteiger partial charge is 0.270 e. The zero-order chi connectivity index (χ0) is 35.4. The van der Waals surface area contributed by atoms with E-state index in [2.05, 4.69) is 21.9 Å². The zero-order valence-electron chi connectivity index (χ0n) is 27.0. The van der Waals surface area contributed by atoms with Gasteiger partial charge in [0, 0.05) is 40.6 Å². The molecule has 0 aliphatic carbocycles. The third-order valence-electron chi connectivity index (χ3n) is 9.18. The fraction of sp³-hybridized carbons (Fsp3) is 0.243. The number of fused-ring (bicyclic) bond motifs is 1. The molecular weight excluding hydrogens is 657 g/mol. The lowest BCUT2D eigenvalue weighted by Crippen LogP contribution is -2.71. The van der Waals surface area contributed by atoms with Crippen LogP contribution in [0.4, 0.5) is 5.69 Å². The summed E-state index contributed by atoms with van der Waals surface area (Å²) in [6.07, 6.45) is 1.50. The molecule has 13 heteroatoms. The maximum atomic E-state index is 14.6. The molecule has 0 radical (unpaired) electrons. The van der Waals surface area contributed by atoms with Gasteiger partial charge in [0.2, 0.25) is 0 Å². The monoisotopic (exact) mass is 688 g/mol. The molecule has 1 fully saturated rings. The van der Waals surface area contributed by atoms with Gasteiger partial charge in [-0.05, 0) is 60.0 Å². The second-order valence-corrected chi connectivity index (χ2v) is 13.8.